The Bertz CT molecular complexity index is 422. The number of aromatic nitrogens is 1. The Morgan fingerprint density at radius 2 is 2.21 bits per heavy atom. The van der Waals surface area contributed by atoms with Crippen molar-refractivity contribution < 1.29 is 9.53 Å². The van der Waals surface area contributed by atoms with Gasteiger partial charge in [0.1, 0.15) is 6.61 Å². The van der Waals surface area contributed by atoms with Crippen molar-refractivity contribution in [2.75, 3.05) is 19.7 Å². The van der Waals surface area contributed by atoms with Crippen LogP contribution in [0, 0.1) is 6.92 Å². The van der Waals surface area contributed by atoms with Gasteiger partial charge in [-0.1, -0.05) is 0 Å². The zero-order valence-electron chi connectivity index (χ0n) is 11.7. The van der Waals surface area contributed by atoms with Crippen LogP contribution in [0.4, 0.5) is 0 Å². The first kappa shape index (κ1) is 14.1. The summed E-state index contributed by atoms with van der Waals surface area (Å²) in [5, 5.41) is 6.17. The van der Waals surface area contributed by atoms with Crippen molar-refractivity contribution in [3.63, 3.8) is 0 Å². The molecule has 1 aliphatic rings. The molecule has 0 radical (unpaired) electrons. The molecule has 1 amide bonds. The highest BCUT2D eigenvalue weighted by Crippen LogP contribution is 2.07. The highest BCUT2D eigenvalue weighted by atomic mass is 16.5. The lowest BCUT2D eigenvalue weighted by molar-refractivity contribution is -0.128. The van der Waals surface area contributed by atoms with Gasteiger partial charge in [0.05, 0.1) is 12.6 Å². The Morgan fingerprint density at radius 1 is 1.47 bits per heavy atom. The summed E-state index contributed by atoms with van der Waals surface area (Å²) in [5.74, 6) is -0.0441. The van der Waals surface area contributed by atoms with E-state index in [-0.39, 0.29) is 18.6 Å². The average molecular weight is 265 g/mol. The summed E-state index contributed by atoms with van der Waals surface area (Å²) >= 11 is 0. The smallest absolute Gasteiger partial charge is 0.246 e. The Morgan fingerprint density at radius 3 is 2.84 bits per heavy atom. The van der Waals surface area contributed by atoms with Gasteiger partial charge in [-0.25, -0.2) is 0 Å². The summed E-state index contributed by atoms with van der Waals surface area (Å²) in [6.07, 6.45) is 2.21. The number of amides is 1. The van der Waals surface area contributed by atoms with Gasteiger partial charge in [0.2, 0.25) is 5.91 Å². The van der Waals surface area contributed by atoms with Gasteiger partial charge in [0.25, 0.3) is 0 Å². The molecule has 5 nitrogen and oxygen atoms in total. The van der Waals surface area contributed by atoms with E-state index in [1.807, 2.05) is 26.1 Å². The van der Waals surface area contributed by atoms with E-state index in [0.29, 0.717) is 6.54 Å². The summed E-state index contributed by atoms with van der Waals surface area (Å²) in [6.45, 7) is 4.72. The molecular weight excluding hydrogens is 242 g/mol. The van der Waals surface area contributed by atoms with Crippen LogP contribution in [0.1, 0.15) is 24.2 Å². The molecule has 2 N–H and O–H groups in total. The highest BCUT2D eigenvalue weighted by molar-refractivity contribution is 5.77. The summed E-state index contributed by atoms with van der Waals surface area (Å²) in [5.41, 5.74) is 2.29. The maximum absolute atomic E-state index is 11.7. The molecule has 0 bridgehead atoms. The number of ether oxygens (including phenoxy) is 1. The number of aryl methyl sites for hydroxylation is 1. The number of nitrogens with one attached hydrogen (secondary N) is 2. The first-order valence-corrected chi connectivity index (χ1v) is 6.87. The lowest BCUT2D eigenvalue weighted by atomic mass is 10.1. The number of hydrogen-bond acceptors (Lipinski definition) is 3. The molecule has 1 aliphatic heterocycles. The normalized spacial score (nSPS) is 16.5. The molecule has 0 unspecified atom stereocenters. The zero-order chi connectivity index (χ0) is 13.7. The van der Waals surface area contributed by atoms with E-state index in [0.717, 1.165) is 31.6 Å². The molecule has 5 heteroatoms. The van der Waals surface area contributed by atoms with Gasteiger partial charge in [0.15, 0.2) is 0 Å². The minimum Gasteiger partial charge on any atom is -0.368 e. The molecule has 0 aromatic carbocycles. The standard InChI is InChI=1S/C14H23N3O2/c1-11-3-4-12(17(11)2)9-16-14(18)10-19-13-5-7-15-8-6-13/h3-4,13,15H,5-10H2,1-2H3,(H,16,18). The minimum absolute atomic E-state index is 0.0441. The average Bonchev–Trinajstić information content (AvgIpc) is 2.75. The van der Waals surface area contributed by atoms with Crippen molar-refractivity contribution in [2.24, 2.45) is 7.05 Å². The fourth-order valence-corrected chi connectivity index (χ4v) is 2.24. The van der Waals surface area contributed by atoms with Gasteiger partial charge in [-0.05, 0) is 45.0 Å². The number of rotatable bonds is 5. The summed E-state index contributed by atoms with van der Waals surface area (Å²) in [7, 11) is 2.00. The van der Waals surface area contributed by atoms with E-state index in [1.54, 1.807) is 0 Å². The third-order valence-electron chi connectivity index (χ3n) is 3.68. The van der Waals surface area contributed by atoms with Crippen LogP contribution in [0.5, 0.6) is 0 Å². The predicted molar refractivity (Wildman–Crippen MR) is 73.8 cm³/mol. The van der Waals surface area contributed by atoms with Crippen molar-refractivity contribution in [1.82, 2.24) is 15.2 Å². The topological polar surface area (TPSA) is 55.3 Å². The fraction of sp³-hybridized carbons (Fsp3) is 0.643. The molecule has 0 atom stereocenters. The summed E-state index contributed by atoms with van der Waals surface area (Å²) in [4.78, 5) is 11.7. The SMILES string of the molecule is Cc1ccc(CNC(=O)COC2CCNCC2)n1C. The van der Waals surface area contributed by atoms with Crippen molar-refractivity contribution in [1.29, 1.82) is 0 Å². The van der Waals surface area contributed by atoms with Crippen LogP contribution in [-0.4, -0.2) is 36.3 Å². The Labute approximate surface area is 114 Å². The fourth-order valence-electron chi connectivity index (χ4n) is 2.24. The molecule has 0 saturated carbocycles. The molecule has 19 heavy (non-hydrogen) atoms. The number of carbonyl (C=O) groups excluding carboxylic acids is 1. The van der Waals surface area contributed by atoms with Crippen LogP contribution in [0.25, 0.3) is 0 Å². The molecule has 2 rings (SSSR count). The number of carbonyl (C=O) groups is 1. The van der Waals surface area contributed by atoms with Crippen LogP contribution >= 0.6 is 0 Å². The van der Waals surface area contributed by atoms with E-state index >= 15 is 0 Å². The van der Waals surface area contributed by atoms with Crippen molar-refractivity contribution in [3.05, 3.63) is 23.5 Å². The number of hydrogen-bond donors (Lipinski definition) is 2. The largest absolute Gasteiger partial charge is 0.368 e. The Balaban J connectivity index is 1.68. The first-order valence-electron chi connectivity index (χ1n) is 6.87. The molecule has 0 aliphatic carbocycles. The van der Waals surface area contributed by atoms with E-state index in [4.69, 9.17) is 4.74 Å². The Kier molecular flexibility index (Phi) is 4.99. The van der Waals surface area contributed by atoms with Gasteiger partial charge >= 0.3 is 0 Å². The van der Waals surface area contributed by atoms with Gasteiger partial charge in [-0.15, -0.1) is 0 Å². The molecular formula is C14H23N3O2. The maximum atomic E-state index is 11.7. The van der Waals surface area contributed by atoms with E-state index in [9.17, 15) is 4.79 Å². The van der Waals surface area contributed by atoms with Gasteiger partial charge < -0.3 is 19.9 Å². The predicted octanol–water partition coefficient (Wildman–Crippen LogP) is 0.718. The molecule has 106 valence electrons. The third kappa shape index (κ3) is 4.08. The molecule has 2 heterocycles. The first-order chi connectivity index (χ1) is 9.16. The molecule has 1 fully saturated rings. The number of piperidine rings is 1. The quantitative estimate of drug-likeness (QED) is 0.825. The zero-order valence-corrected chi connectivity index (χ0v) is 11.7. The van der Waals surface area contributed by atoms with E-state index in [1.165, 1.54) is 5.69 Å². The second kappa shape index (κ2) is 6.73. The van der Waals surface area contributed by atoms with Crippen molar-refractivity contribution >= 4 is 5.91 Å². The van der Waals surface area contributed by atoms with Crippen LogP contribution in [0.3, 0.4) is 0 Å². The van der Waals surface area contributed by atoms with Gasteiger partial charge in [-0.2, -0.15) is 0 Å². The van der Waals surface area contributed by atoms with E-state index < -0.39 is 0 Å². The summed E-state index contributed by atoms with van der Waals surface area (Å²) in [6, 6.07) is 4.08. The monoisotopic (exact) mass is 265 g/mol. The molecule has 1 aromatic rings. The number of nitrogens with zero attached hydrogens (tertiary/aromatic N) is 1. The van der Waals surface area contributed by atoms with Crippen molar-refractivity contribution in [2.45, 2.75) is 32.4 Å². The maximum Gasteiger partial charge on any atom is 0.246 e. The lowest BCUT2D eigenvalue weighted by Crippen LogP contribution is -2.35. The Hall–Kier alpha value is -1.33. The second-order valence-electron chi connectivity index (χ2n) is 5.06. The van der Waals surface area contributed by atoms with Crippen LogP contribution in [-0.2, 0) is 23.1 Å². The van der Waals surface area contributed by atoms with Gasteiger partial charge in [0, 0.05) is 18.4 Å². The van der Waals surface area contributed by atoms with Crippen molar-refractivity contribution in [3.8, 4) is 0 Å². The summed E-state index contributed by atoms with van der Waals surface area (Å²) < 4.78 is 7.69. The van der Waals surface area contributed by atoms with E-state index in [2.05, 4.69) is 15.2 Å². The minimum atomic E-state index is -0.0441. The van der Waals surface area contributed by atoms with Crippen LogP contribution in [0.2, 0.25) is 0 Å². The van der Waals surface area contributed by atoms with Crippen LogP contribution in [0.15, 0.2) is 12.1 Å². The second-order valence-corrected chi connectivity index (χ2v) is 5.06. The lowest BCUT2D eigenvalue weighted by Gasteiger charge is -2.22. The van der Waals surface area contributed by atoms with Crippen LogP contribution < -0.4 is 10.6 Å². The highest BCUT2D eigenvalue weighted by Gasteiger charge is 2.14. The third-order valence-corrected chi connectivity index (χ3v) is 3.68. The van der Waals surface area contributed by atoms with Gasteiger partial charge in [-0.3, -0.25) is 4.79 Å². The molecule has 1 aromatic heterocycles. The molecule has 0 spiro atoms. The molecule has 1 saturated heterocycles.